The molecular formula is C106H126ClN32O10+5. The Morgan fingerprint density at radius 1 is 0.376 bits per heavy atom. The van der Waals surface area contributed by atoms with Gasteiger partial charge in [0.15, 0.2) is 46.4 Å². The van der Waals surface area contributed by atoms with Crippen LogP contribution >= 0.6 is 11.6 Å². The van der Waals surface area contributed by atoms with E-state index in [0.29, 0.717) is 156 Å². The number of aryl methyl sites for hydroxylation is 5. The Morgan fingerprint density at radius 3 is 1.09 bits per heavy atom. The number of carbonyl (C=O) groups excluding carboxylic acids is 5. The van der Waals surface area contributed by atoms with Crippen molar-refractivity contribution >= 4 is 154 Å². The van der Waals surface area contributed by atoms with Crippen LogP contribution in [0.15, 0.2) is 358 Å². The Hall–Kier alpha value is -18.3. The van der Waals surface area contributed by atoms with Gasteiger partial charge in [-0.1, -0.05) is 79.1 Å². The third kappa shape index (κ3) is 26.8. The van der Waals surface area contributed by atoms with Crippen molar-refractivity contribution in [3.8, 4) is 0 Å². The molecule has 149 heavy (non-hydrogen) atoms. The number of hydrogen-bond donors (Lipinski definition) is 11. The van der Waals surface area contributed by atoms with Gasteiger partial charge in [0.25, 0.3) is 0 Å². The lowest BCUT2D eigenvalue weighted by Crippen LogP contribution is -2.31. The molecule has 15 aromatic rings. The number of aromatic nitrogens is 20. The number of carbonyl (C=O) groups is 5. The van der Waals surface area contributed by atoms with Crippen LogP contribution in [0, 0.1) is 0 Å². The number of aliphatic hydroxyl groups is 4. The predicted molar refractivity (Wildman–Crippen MR) is 577 cm³/mol. The molecule has 6 aliphatic rings. The van der Waals surface area contributed by atoms with E-state index in [1.807, 2.05) is 274 Å². The summed E-state index contributed by atoms with van der Waals surface area (Å²) >= 11 is 5.95. The molecule has 43 heteroatoms. The Balaban J connectivity index is 0.000000164. The minimum absolute atomic E-state index is 0. The maximum absolute atomic E-state index is 12.6. The number of aliphatic imine (C=N–C) groups is 5. The lowest BCUT2D eigenvalue weighted by Gasteiger charge is -2.23. The van der Waals surface area contributed by atoms with Gasteiger partial charge in [0, 0.05) is 80.0 Å². The molecule has 21 rings (SSSR count). The second-order valence-electron chi connectivity index (χ2n) is 33.8. The van der Waals surface area contributed by atoms with Crippen LogP contribution in [-0.4, -0.2) is 208 Å². The summed E-state index contributed by atoms with van der Waals surface area (Å²) < 4.78 is 34.7. The molecule has 0 radical (unpaired) electrons. The standard InChI is InChI=1S/C22H25N7O2.C21H21N7O2.C20H20N6O2.C19H17ClN6O2.C19H18N6O2.5CH4/c1-16-13-18(17(14-20(16)31)23-7-12-30)25-21-19-5-3-4-8-29(19)26-22(21)24-6-9-28-11-10-27(2)15-28;1-26-9-10-27(14-26)8-5-23-21-20(17-4-2-3-7-28(17)25-21)24-15-13-19-16(12-18(15)29)22-6-11-30-19;1-14-17(27)7-6-15(19(14)28)22-18-16-5-3-4-9-26(16)23-20(18)21-8-10-25-12-11-24(2)13-25;1-24-8-9-25(12-24)7-5-21-19-18(15-4-2-3-6-26(15)23-19)22-14-10-13(20)16(27)11-17(14)28;1-23-10-11-24(13-23)9-7-20-19-18(16-4-2-3-8-25(16)22-19)21-15-6-5-14(26)12-17(15)27;;;;;/h3-5,8,10-11,13-15,30H,6-7,9,12H2,1-2H3,(H-,23,24,26,31);2-4,7,9-10,12-14H,5-6,8,11H2,1H3,(H-,22,23,25,29);3-7,9,11-13H,8,10H2,1-2H3,(H-,21,23,27,28);2-4,6,8-12H,5,7H2,1H3,(H-,21,23,27,28);2-6,8,10-13H,7,9H2,1H3,(H-,20,22,26,27);5*1H4/p+5. The molecule has 0 aromatic carbocycles. The number of hydrogen-bond acceptors (Lipinski definition) is 27. The number of halogens is 1. The average molecular weight is 2040 g/mol. The Labute approximate surface area is 865 Å². The number of ether oxygens (including phenoxy) is 1. The third-order valence-electron chi connectivity index (χ3n) is 23.0. The first-order chi connectivity index (χ1) is 69.8. The molecule has 15 aromatic heterocycles. The maximum atomic E-state index is 12.6. The van der Waals surface area contributed by atoms with Gasteiger partial charge in [-0.25, -0.2) is 93.2 Å². The van der Waals surface area contributed by atoms with E-state index in [0.717, 1.165) is 72.5 Å². The molecular weight excluding hydrogens is 1920 g/mol. The second-order valence-corrected chi connectivity index (χ2v) is 34.2. The number of fused-ring (bicyclic) bond motifs is 6. The van der Waals surface area contributed by atoms with Crippen molar-refractivity contribution in [2.75, 3.05) is 85.6 Å². The van der Waals surface area contributed by atoms with Crippen LogP contribution < -0.4 is 60.1 Å². The zero-order valence-corrected chi connectivity index (χ0v) is 80.5. The fourth-order valence-corrected chi connectivity index (χ4v) is 15.8. The Kier molecular flexibility index (Phi) is 36.9. The summed E-state index contributed by atoms with van der Waals surface area (Å²) in [6, 6.07) is 28.6. The summed E-state index contributed by atoms with van der Waals surface area (Å²) in [4.78, 5) is 83.3. The van der Waals surface area contributed by atoms with Crippen LogP contribution in [0.5, 0.6) is 0 Å². The van der Waals surface area contributed by atoms with Gasteiger partial charge in [-0.3, -0.25) is 24.0 Å². The minimum Gasteiger partial charge on any atom is -0.506 e. The molecule has 0 unspecified atom stereocenters. The summed E-state index contributed by atoms with van der Waals surface area (Å²) in [5.74, 6) is 2.11. The van der Waals surface area contributed by atoms with Gasteiger partial charge in [0.1, 0.15) is 176 Å². The summed E-state index contributed by atoms with van der Waals surface area (Å²) in [6.45, 7) is 12.0. The zero-order chi connectivity index (χ0) is 100. The summed E-state index contributed by atoms with van der Waals surface area (Å²) in [7, 11) is 9.89. The van der Waals surface area contributed by atoms with Crippen molar-refractivity contribution < 1.29 is 72.0 Å². The van der Waals surface area contributed by atoms with Crippen LogP contribution in [-0.2, 0) is 96.7 Å². The van der Waals surface area contributed by atoms with E-state index in [1.54, 1.807) is 48.6 Å². The Morgan fingerprint density at radius 2 is 0.725 bits per heavy atom. The van der Waals surface area contributed by atoms with E-state index in [9.17, 15) is 44.4 Å². The number of aliphatic hydroxyl groups excluding tert-OH is 4. The average Bonchev–Trinajstić information content (AvgIpc) is 1.67. The molecule has 11 N–H and O–H groups in total. The molecule has 42 nitrogen and oxygen atoms in total. The number of rotatable bonds is 28. The van der Waals surface area contributed by atoms with E-state index in [-0.39, 0.29) is 100 Å². The van der Waals surface area contributed by atoms with Gasteiger partial charge in [-0.05, 0) is 117 Å². The van der Waals surface area contributed by atoms with Gasteiger partial charge in [0.2, 0.25) is 43.2 Å². The molecule has 0 atom stereocenters. The number of ketones is 5. The highest BCUT2D eigenvalue weighted by Gasteiger charge is 2.28. The molecule has 1 aliphatic heterocycles. The van der Waals surface area contributed by atoms with Crippen molar-refractivity contribution in [2.24, 2.45) is 60.2 Å². The third-order valence-corrected chi connectivity index (χ3v) is 23.3. The van der Waals surface area contributed by atoms with Gasteiger partial charge >= 0.3 is 0 Å². The molecule has 772 valence electrons. The topological polar surface area (TPSA) is 452 Å². The SMILES string of the molecule is C.C.C.C.C.CC1=C(O)C(=Nc2c(NCCn3cc[n+](C)c3)nn3ccccc23)C=CC1=O.CC1=CC(=Nc2c(NCCn3cc[n+](C)c3)nn3ccccc23)C(NCCO)=CC1=O.C[n+]1ccn(CCNc2nn3ccccc3c2N=C2C=C(Cl)C(O)=CC2=O)c1.C[n+]1ccn(CCNc2nn3ccccc3c2N=C2C=C3OCCNC3=CC2=O)c1.C[n+]1ccn(CCNc2nn3ccccc3c2N=C2C=CC(=O)C=C2O)c1. The van der Waals surface area contributed by atoms with E-state index in [1.165, 1.54) is 42.5 Å². The number of imidazole rings is 5. The molecule has 0 bridgehead atoms. The highest BCUT2D eigenvalue weighted by Crippen LogP contribution is 2.37. The van der Waals surface area contributed by atoms with E-state index < -0.39 is 5.78 Å². The predicted octanol–water partition coefficient (Wildman–Crippen LogP) is 11.6. The maximum Gasteiger partial charge on any atom is 0.243 e. The van der Waals surface area contributed by atoms with Gasteiger partial charge in [0.05, 0.1) is 124 Å². The highest BCUT2D eigenvalue weighted by atomic mass is 35.5. The fraction of sp³-hybridized carbons (Fsp3) is 0.245. The Bertz CT molecular complexity index is 7960. The molecule has 1 fully saturated rings. The van der Waals surface area contributed by atoms with Crippen molar-refractivity contribution in [3.63, 3.8) is 0 Å². The lowest BCUT2D eigenvalue weighted by atomic mass is 10.0. The normalized spacial score (nSPS) is 15.4. The second kappa shape index (κ2) is 50.2. The quantitative estimate of drug-likeness (QED) is 0.0123. The smallest absolute Gasteiger partial charge is 0.243 e. The number of pyridine rings is 5. The molecule has 1 saturated heterocycles. The summed E-state index contributed by atoms with van der Waals surface area (Å²) in [5.41, 5.74) is 11.1. The van der Waals surface area contributed by atoms with E-state index in [4.69, 9.17) is 21.3 Å². The number of morpholine rings is 1. The van der Waals surface area contributed by atoms with Crippen molar-refractivity contribution in [1.82, 2.24) is 81.5 Å². The highest BCUT2D eigenvalue weighted by molar-refractivity contribution is 6.52. The first-order valence-corrected chi connectivity index (χ1v) is 46.5. The number of nitrogens with zero attached hydrogens (tertiary/aromatic N) is 25. The molecule has 5 aliphatic carbocycles. The molecule has 0 saturated carbocycles. The molecule has 16 heterocycles. The summed E-state index contributed by atoms with van der Waals surface area (Å²) in [5, 5.41) is 85.0. The fourth-order valence-electron chi connectivity index (χ4n) is 15.7. The first-order valence-electron chi connectivity index (χ1n) is 46.1. The first kappa shape index (κ1) is 109. The van der Waals surface area contributed by atoms with Gasteiger partial charge in [-0.15, -0.1) is 25.5 Å². The van der Waals surface area contributed by atoms with E-state index in [2.05, 4.69) is 106 Å². The van der Waals surface area contributed by atoms with Gasteiger partial charge < -0.3 is 62.4 Å². The van der Waals surface area contributed by atoms with Crippen LogP contribution in [0.2, 0.25) is 0 Å². The number of allylic oxidation sites excluding steroid dienone is 14. The minimum atomic E-state index is -0.414. The van der Waals surface area contributed by atoms with Crippen LogP contribution in [0.1, 0.15) is 51.0 Å². The lowest BCUT2D eigenvalue weighted by molar-refractivity contribution is -0.671. The van der Waals surface area contributed by atoms with Crippen molar-refractivity contribution in [1.29, 1.82) is 0 Å². The van der Waals surface area contributed by atoms with Crippen molar-refractivity contribution in [2.45, 2.75) is 83.7 Å². The van der Waals surface area contributed by atoms with Crippen LogP contribution in [0.25, 0.3) is 27.6 Å². The van der Waals surface area contributed by atoms with Crippen LogP contribution in [0.4, 0.5) is 57.5 Å². The monoisotopic (exact) mass is 2040 g/mol. The van der Waals surface area contributed by atoms with Crippen LogP contribution in [0.3, 0.4) is 0 Å². The number of nitrogens with one attached hydrogen (secondary N) is 7. The van der Waals surface area contributed by atoms with E-state index >= 15 is 0 Å². The number of anilines is 5. The molecule has 0 amide bonds. The van der Waals surface area contributed by atoms with Crippen molar-refractivity contribution in [3.05, 3.63) is 333 Å². The largest absolute Gasteiger partial charge is 0.506 e. The zero-order valence-electron chi connectivity index (χ0n) is 79.8. The summed E-state index contributed by atoms with van der Waals surface area (Å²) in [6.07, 6.45) is 55.1. The van der Waals surface area contributed by atoms with Gasteiger partial charge in [-0.2, -0.15) is 0 Å². The molecule has 0 spiro atoms.